The van der Waals surface area contributed by atoms with Gasteiger partial charge in [-0.1, -0.05) is 0 Å². The summed E-state index contributed by atoms with van der Waals surface area (Å²) in [5.41, 5.74) is -0.309. The van der Waals surface area contributed by atoms with Gasteiger partial charge in [-0.2, -0.15) is 5.26 Å². The Morgan fingerprint density at radius 3 is 2.69 bits per heavy atom. The van der Waals surface area contributed by atoms with Crippen molar-refractivity contribution in [3.63, 3.8) is 0 Å². The van der Waals surface area contributed by atoms with E-state index in [0.29, 0.717) is 3.57 Å². The molecule has 0 aliphatic rings. The van der Waals surface area contributed by atoms with E-state index in [0.717, 1.165) is 12.1 Å². The normalized spacial score (nSPS) is 9.31. The van der Waals surface area contributed by atoms with Gasteiger partial charge in [0.1, 0.15) is 11.9 Å². The van der Waals surface area contributed by atoms with Gasteiger partial charge in [-0.05, 0) is 34.7 Å². The molecular formula is C8H3FINO2. The summed E-state index contributed by atoms with van der Waals surface area (Å²) < 4.78 is 13.3. The van der Waals surface area contributed by atoms with Gasteiger partial charge in [-0.15, -0.1) is 0 Å². The van der Waals surface area contributed by atoms with Crippen LogP contribution < -0.4 is 0 Å². The Bertz CT molecular complexity index is 411. The average Bonchev–Trinajstić information content (AvgIpc) is 2.03. The molecule has 5 heteroatoms. The number of carbonyl (C=O) groups is 1. The lowest BCUT2D eigenvalue weighted by atomic mass is 10.1. The summed E-state index contributed by atoms with van der Waals surface area (Å²) in [6.45, 7) is 0. The van der Waals surface area contributed by atoms with E-state index in [-0.39, 0.29) is 5.56 Å². The third kappa shape index (κ3) is 1.95. The number of nitriles is 1. The number of rotatable bonds is 1. The van der Waals surface area contributed by atoms with Gasteiger partial charge in [-0.25, -0.2) is 9.18 Å². The van der Waals surface area contributed by atoms with Crippen LogP contribution in [-0.4, -0.2) is 11.1 Å². The largest absolute Gasteiger partial charge is 0.478 e. The number of hydrogen-bond donors (Lipinski definition) is 1. The fourth-order valence-electron chi connectivity index (χ4n) is 0.799. The van der Waals surface area contributed by atoms with E-state index in [1.165, 1.54) is 0 Å². The zero-order chi connectivity index (χ0) is 10.0. The number of benzene rings is 1. The molecule has 0 amide bonds. The first kappa shape index (κ1) is 9.92. The zero-order valence-electron chi connectivity index (χ0n) is 6.21. The van der Waals surface area contributed by atoms with Crippen molar-refractivity contribution >= 4 is 28.6 Å². The second-order valence-corrected chi connectivity index (χ2v) is 3.39. The van der Waals surface area contributed by atoms with E-state index in [4.69, 9.17) is 10.4 Å². The summed E-state index contributed by atoms with van der Waals surface area (Å²) in [4.78, 5) is 10.4. The molecule has 0 saturated heterocycles. The maximum atomic E-state index is 12.9. The van der Waals surface area contributed by atoms with Crippen molar-refractivity contribution in [2.24, 2.45) is 0 Å². The fraction of sp³-hybridized carbons (Fsp3) is 0. The number of halogens is 2. The van der Waals surface area contributed by atoms with Crippen molar-refractivity contribution in [3.8, 4) is 6.07 Å². The van der Waals surface area contributed by atoms with Crippen LogP contribution in [0.1, 0.15) is 15.9 Å². The van der Waals surface area contributed by atoms with Crippen LogP contribution in [0.2, 0.25) is 0 Å². The van der Waals surface area contributed by atoms with Crippen LogP contribution in [-0.2, 0) is 0 Å². The molecule has 1 N–H and O–H groups in total. The minimum atomic E-state index is -1.37. The summed E-state index contributed by atoms with van der Waals surface area (Å²) in [7, 11) is 0. The molecule has 0 fully saturated rings. The van der Waals surface area contributed by atoms with Gasteiger partial charge in [0, 0.05) is 3.57 Å². The highest BCUT2D eigenvalue weighted by Gasteiger charge is 2.13. The molecule has 0 atom stereocenters. The van der Waals surface area contributed by atoms with Crippen LogP contribution in [0.4, 0.5) is 4.39 Å². The topological polar surface area (TPSA) is 61.1 Å². The maximum absolute atomic E-state index is 12.9. The SMILES string of the molecule is N#Cc1cc(C(=O)O)c(F)cc1I. The molecule has 0 aliphatic heterocycles. The number of carboxylic acid groups (broad SMARTS) is 1. The first-order chi connectivity index (χ1) is 6.06. The standard InChI is InChI=1S/C8H3FINO2/c9-6-2-7(10)4(3-11)1-5(6)8(12)13/h1-2H,(H,12,13). The molecule has 1 aromatic rings. The first-order valence-corrected chi connectivity index (χ1v) is 4.26. The zero-order valence-corrected chi connectivity index (χ0v) is 8.37. The first-order valence-electron chi connectivity index (χ1n) is 3.18. The quantitative estimate of drug-likeness (QED) is 0.805. The van der Waals surface area contributed by atoms with Crippen LogP contribution in [0, 0.1) is 20.7 Å². The molecule has 13 heavy (non-hydrogen) atoms. The third-order valence-corrected chi connectivity index (χ3v) is 2.30. The average molecular weight is 291 g/mol. The molecule has 0 heterocycles. The predicted molar refractivity (Wildman–Crippen MR) is 50.8 cm³/mol. The molecule has 1 aromatic carbocycles. The van der Waals surface area contributed by atoms with E-state index >= 15 is 0 Å². The van der Waals surface area contributed by atoms with Gasteiger partial charge in [0.2, 0.25) is 0 Å². The Hall–Kier alpha value is -1.16. The Balaban J connectivity index is 3.41. The Labute approximate surface area is 86.9 Å². The minimum Gasteiger partial charge on any atom is -0.478 e. The van der Waals surface area contributed by atoms with Crippen LogP contribution >= 0.6 is 22.6 Å². The lowest BCUT2D eigenvalue weighted by Gasteiger charge is -1.99. The number of nitrogens with zero attached hydrogens (tertiary/aromatic N) is 1. The molecule has 3 nitrogen and oxygen atoms in total. The predicted octanol–water partition coefficient (Wildman–Crippen LogP) is 2.00. The highest BCUT2D eigenvalue weighted by molar-refractivity contribution is 14.1. The summed E-state index contributed by atoms with van der Waals surface area (Å²) in [6.07, 6.45) is 0. The van der Waals surface area contributed by atoms with Gasteiger partial charge in [-0.3, -0.25) is 0 Å². The Morgan fingerprint density at radius 1 is 1.62 bits per heavy atom. The van der Waals surface area contributed by atoms with E-state index in [1.54, 1.807) is 28.7 Å². The van der Waals surface area contributed by atoms with Crippen LogP contribution in [0.3, 0.4) is 0 Å². The van der Waals surface area contributed by atoms with E-state index in [9.17, 15) is 9.18 Å². The third-order valence-electron chi connectivity index (χ3n) is 1.41. The highest BCUT2D eigenvalue weighted by atomic mass is 127. The van der Waals surface area contributed by atoms with Gasteiger partial charge in [0.25, 0.3) is 0 Å². The van der Waals surface area contributed by atoms with Crippen molar-refractivity contribution in [2.45, 2.75) is 0 Å². The minimum absolute atomic E-state index is 0.166. The van der Waals surface area contributed by atoms with Gasteiger partial charge in [0.15, 0.2) is 0 Å². The monoisotopic (exact) mass is 291 g/mol. The molecule has 0 saturated carbocycles. The molecular weight excluding hydrogens is 288 g/mol. The lowest BCUT2D eigenvalue weighted by molar-refractivity contribution is 0.0692. The molecule has 0 radical (unpaired) electrons. The van der Waals surface area contributed by atoms with E-state index in [2.05, 4.69) is 0 Å². The fourth-order valence-corrected chi connectivity index (χ4v) is 1.35. The number of hydrogen-bond acceptors (Lipinski definition) is 2. The van der Waals surface area contributed by atoms with E-state index < -0.39 is 17.3 Å². The van der Waals surface area contributed by atoms with Crippen LogP contribution in [0.5, 0.6) is 0 Å². The van der Waals surface area contributed by atoms with Crippen molar-refractivity contribution in [3.05, 3.63) is 32.6 Å². The van der Waals surface area contributed by atoms with Crippen molar-refractivity contribution < 1.29 is 14.3 Å². The van der Waals surface area contributed by atoms with Gasteiger partial charge < -0.3 is 5.11 Å². The Kier molecular flexibility index (Phi) is 2.83. The number of carboxylic acids is 1. The van der Waals surface area contributed by atoms with Crippen LogP contribution in [0.25, 0.3) is 0 Å². The highest BCUT2D eigenvalue weighted by Crippen LogP contribution is 2.17. The summed E-state index contributed by atoms with van der Waals surface area (Å²) in [6, 6.07) is 3.84. The van der Waals surface area contributed by atoms with Gasteiger partial charge in [0.05, 0.1) is 11.1 Å². The van der Waals surface area contributed by atoms with Crippen molar-refractivity contribution in [1.29, 1.82) is 5.26 Å². The smallest absolute Gasteiger partial charge is 0.338 e. The molecule has 66 valence electrons. The molecule has 0 unspecified atom stereocenters. The number of aromatic carboxylic acids is 1. The van der Waals surface area contributed by atoms with Crippen LogP contribution in [0.15, 0.2) is 12.1 Å². The lowest BCUT2D eigenvalue weighted by Crippen LogP contribution is -2.02. The molecule has 0 bridgehead atoms. The van der Waals surface area contributed by atoms with Gasteiger partial charge >= 0.3 is 5.97 Å². The summed E-state index contributed by atoms with van der Waals surface area (Å²) in [5, 5.41) is 17.1. The molecule has 0 spiro atoms. The second kappa shape index (κ2) is 3.70. The summed E-state index contributed by atoms with van der Waals surface area (Å²) >= 11 is 1.77. The van der Waals surface area contributed by atoms with E-state index in [1.807, 2.05) is 0 Å². The second-order valence-electron chi connectivity index (χ2n) is 2.23. The molecule has 0 aliphatic carbocycles. The van der Waals surface area contributed by atoms with Crippen molar-refractivity contribution in [1.82, 2.24) is 0 Å². The molecule has 0 aromatic heterocycles. The van der Waals surface area contributed by atoms with Crippen molar-refractivity contribution in [2.75, 3.05) is 0 Å². The maximum Gasteiger partial charge on any atom is 0.338 e. The molecule has 1 rings (SSSR count). The summed E-state index contributed by atoms with van der Waals surface area (Å²) in [5.74, 6) is -2.19. The Morgan fingerprint density at radius 2 is 2.23 bits per heavy atom.